The SMILES string of the molecule is CCC[CH2][SnH]([CH2]CCC)[CH2]CCC.I. The van der Waals surface area contributed by atoms with Crippen LogP contribution in [0.25, 0.3) is 0 Å². The molecule has 0 heterocycles. The Kier molecular flexibility index (Phi) is 18.6. The molecule has 0 saturated carbocycles. The van der Waals surface area contributed by atoms with Crippen LogP contribution in [0, 0.1) is 0 Å². The minimum absolute atomic E-state index is 0. The molecule has 0 unspecified atom stereocenters. The molecule has 0 radical (unpaired) electrons. The molecule has 0 nitrogen and oxygen atoms in total. The average molecular weight is 419 g/mol. The molecule has 0 aromatic heterocycles. The van der Waals surface area contributed by atoms with E-state index in [-0.39, 0.29) is 24.0 Å². The topological polar surface area (TPSA) is 0 Å². The standard InChI is InChI=1S/3C4H9.HI.Sn.H/c3*1-3-4-2;;;/h3*1,3-4H2,2H3;1H;;. The molecule has 0 aliphatic carbocycles. The van der Waals surface area contributed by atoms with E-state index in [2.05, 4.69) is 20.8 Å². The van der Waals surface area contributed by atoms with Crippen LogP contribution in [-0.2, 0) is 0 Å². The van der Waals surface area contributed by atoms with Crippen molar-refractivity contribution in [1.29, 1.82) is 0 Å². The molecule has 0 aliphatic heterocycles. The maximum atomic E-state index is 2.34. The smallest absolute Gasteiger partial charge is 0.107 e. The van der Waals surface area contributed by atoms with E-state index in [0.717, 1.165) is 0 Å². The second kappa shape index (κ2) is 14.5. The van der Waals surface area contributed by atoms with Gasteiger partial charge >= 0.3 is 92.4 Å². The summed E-state index contributed by atoms with van der Waals surface area (Å²) in [6.07, 6.45) is 8.87. The summed E-state index contributed by atoms with van der Waals surface area (Å²) >= 11 is -0.967. The summed E-state index contributed by atoms with van der Waals surface area (Å²) < 4.78 is 5.08. The fraction of sp³-hybridized carbons (Fsp3) is 1.00. The summed E-state index contributed by atoms with van der Waals surface area (Å²) in [7, 11) is 0. The van der Waals surface area contributed by atoms with Crippen molar-refractivity contribution in [3.8, 4) is 0 Å². The Hall–Kier alpha value is 1.53. The third-order valence-corrected chi connectivity index (χ3v) is 13.4. The maximum absolute atomic E-state index is 2.34. The van der Waals surface area contributed by atoms with Crippen LogP contribution < -0.4 is 0 Å². The van der Waals surface area contributed by atoms with Crippen molar-refractivity contribution in [3.05, 3.63) is 0 Å². The summed E-state index contributed by atoms with van der Waals surface area (Å²) in [5.41, 5.74) is 0. The molecule has 0 bridgehead atoms. The third-order valence-electron chi connectivity index (χ3n) is 2.90. The normalized spacial score (nSPS) is 10.3. The molecule has 0 rings (SSSR count). The Labute approximate surface area is 115 Å². The van der Waals surface area contributed by atoms with Gasteiger partial charge in [-0.1, -0.05) is 0 Å². The zero-order valence-corrected chi connectivity index (χ0v) is 16.0. The first-order valence-electron chi connectivity index (χ1n) is 6.35. The molecule has 0 aromatic rings. The molecule has 14 heavy (non-hydrogen) atoms. The first-order chi connectivity index (χ1) is 6.35. The quantitative estimate of drug-likeness (QED) is 0.355. The Morgan fingerprint density at radius 2 is 0.929 bits per heavy atom. The molecule has 0 aromatic carbocycles. The fourth-order valence-corrected chi connectivity index (χ4v) is 12.8. The minimum atomic E-state index is -0.967. The molecule has 0 spiro atoms. The van der Waals surface area contributed by atoms with Crippen molar-refractivity contribution in [3.63, 3.8) is 0 Å². The first kappa shape index (κ1) is 17.9. The van der Waals surface area contributed by atoms with Gasteiger partial charge in [0.05, 0.1) is 0 Å². The van der Waals surface area contributed by atoms with Crippen LogP contribution in [0.2, 0.25) is 13.3 Å². The van der Waals surface area contributed by atoms with Crippen LogP contribution in [0.15, 0.2) is 0 Å². The Balaban J connectivity index is 0. The van der Waals surface area contributed by atoms with Crippen molar-refractivity contribution in [2.24, 2.45) is 0 Å². The molecular weight excluding hydrogens is 390 g/mol. The van der Waals surface area contributed by atoms with Gasteiger partial charge in [0.25, 0.3) is 0 Å². The first-order valence-corrected chi connectivity index (χ1v) is 13.3. The molecule has 0 atom stereocenters. The number of halogens is 1. The maximum Gasteiger partial charge on any atom is -0.107 e. The van der Waals surface area contributed by atoms with Crippen molar-refractivity contribution in [1.82, 2.24) is 0 Å². The van der Waals surface area contributed by atoms with Crippen molar-refractivity contribution >= 4 is 43.7 Å². The molecule has 0 fully saturated rings. The van der Waals surface area contributed by atoms with E-state index in [1.54, 1.807) is 13.3 Å². The Bertz CT molecular complexity index is 77.3. The summed E-state index contributed by atoms with van der Waals surface area (Å²) in [5, 5.41) is 0. The predicted molar refractivity (Wildman–Crippen MR) is 81.7 cm³/mol. The van der Waals surface area contributed by atoms with E-state index in [9.17, 15) is 0 Å². The zero-order chi connectivity index (χ0) is 9.94. The molecule has 2 heteroatoms. The second-order valence-electron chi connectivity index (χ2n) is 4.29. The largest absolute Gasteiger partial charge is 0.107 e. The van der Waals surface area contributed by atoms with Gasteiger partial charge in [0.1, 0.15) is 0 Å². The zero-order valence-electron chi connectivity index (χ0n) is 10.3. The summed E-state index contributed by atoms with van der Waals surface area (Å²) in [4.78, 5) is 0. The summed E-state index contributed by atoms with van der Waals surface area (Å²) in [5.74, 6) is 0. The van der Waals surface area contributed by atoms with Crippen molar-refractivity contribution < 1.29 is 0 Å². The van der Waals surface area contributed by atoms with Crippen LogP contribution in [0.4, 0.5) is 0 Å². The molecule has 0 saturated heterocycles. The molecular formula is C12H29ISn. The van der Waals surface area contributed by atoms with Gasteiger partial charge in [0.15, 0.2) is 0 Å². The summed E-state index contributed by atoms with van der Waals surface area (Å²) in [6, 6.07) is 0. The van der Waals surface area contributed by atoms with Crippen LogP contribution in [0.5, 0.6) is 0 Å². The van der Waals surface area contributed by atoms with Gasteiger partial charge in [-0.05, 0) is 0 Å². The van der Waals surface area contributed by atoms with E-state index in [1.807, 2.05) is 0 Å². The molecule has 88 valence electrons. The number of rotatable bonds is 9. The fourth-order valence-electron chi connectivity index (χ4n) is 1.91. The Morgan fingerprint density at radius 1 is 0.643 bits per heavy atom. The number of hydrogen-bond acceptors (Lipinski definition) is 0. The van der Waals surface area contributed by atoms with Crippen LogP contribution in [-0.4, -0.2) is 19.8 Å². The van der Waals surface area contributed by atoms with Gasteiger partial charge in [-0.15, -0.1) is 24.0 Å². The van der Waals surface area contributed by atoms with E-state index in [0.29, 0.717) is 0 Å². The van der Waals surface area contributed by atoms with Gasteiger partial charge in [0, 0.05) is 0 Å². The molecule has 0 N–H and O–H groups in total. The predicted octanol–water partition coefficient (Wildman–Crippen LogP) is 5.23. The van der Waals surface area contributed by atoms with Gasteiger partial charge in [-0.25, -0.2) is 0 Å². The van der Waals surface area contributed by atoms with Gasteiger partial charge in [-0.2, -0.15) is 0 Å². The van der Waals surface area contributed by atoms with Crippen molar-refractivity contribution in [2.75, 3.05) is 0 Å². The van der Waals surface area contributed by atoms with E-state index in [4.69, 9.17) is 0 Å². The minimum Gasteiger partial charge on any atom is -0.107 e. The van der Waals surface area contributed by atoms with Gasteiger partial charge < -0.3 is 0 Å². The van der Waals surface area contributed by atoms with Gasteiger partial charge in [-0.3, -0.25) is 0 Å². The van der Waals surface area contributed by atoms with Gasteiger partial charge in [0.2, 0.25) is 0 Å². The van der Waals surface area contributed by atoms with Crippen LogP contribution in [0.3, 0.4) is 0 Å². The van der Waals surface area contributed by atoms with E-state index < -0.39 is 19.8 Å². The molecule has 0 aliphatic rings. The monoisotopic (exact) mass is 420 g/mol. The van der Waals surface area contributed by atoms with Crippen LogP contribution >= 0.6 is 24.0 Å². The molecule has 0 amide bonds. The van der Waals surface area contributed by atoms with E-state index >= 15 is 0 Å². The summed E-state index contributed by atoms with van der Waals surface area (Å²) in [6.45, 7) is 7.01. The third kappa shape index (κ3) is 11.6. The number of unbranched alkanes of at least 4 members (excludes halogenated alkanes) is 3. The van der Waals surface area contributed by atoms with Crippen LogP contribution in [0.1, 0.15) is 59.3 Å². The number of hydrogen-bond donors (Lipinski definition) is 0. The van der Waals surface area contributed by atoms with E-state index in [1.165, 1.54) is 38.5 Å². The van der Waals surface area contributed by atoms with Crippen molar-refractivity contribution in [2.45, 2.75) is 72.6 Å². The average Bonchev–Trinajstić information content (AvgIpc) is 2.17. The second-order valence-corrected chi connectivity index (χ2v) is 14.2. The Morgan fingerprint density at radius 3 is 1.14 bits per heavy atom.